The lowest BCUT2D eigenvalue weighted by molar-refractivity contribution is 0.0449. The van der Waals surface area contributed by atoms with Gasteiger partial charge in [-0.3, -0.25) is 0 Å². The van der Waals surface area contributed by atoms with Crippen LogP contribution in [0.2, 0.25) is 0 Å². The number of rotatable bonds is 3. The zero-order valence-corrected chi connectivity index (χ0v) is 11.7. The Kier molecular flexibility index (Phi) is 4.11. The Morgan fingerprint density at radius 3 is 2.44 bits per heavy atom. The number of hydrogen-bond donors (Lipinski definition) is 0. The topological polar surface area (TPSA) is 0 Å². The van der Waals surface area contributed by atoms with Crippen molar-refractivity contribution in [3.63, 3.8) is 0 Å². The van der Waals surface area contributed by atoms with Gasteiger partial charge >= 0.3 is 5.25 Å². The van der Waals surface area contributed by atoms with Crippen molar-refractivity contribution in [1.29, 1.82) is 0 Å². The molecule has 0 aromatic heterocycles. The van der Waals surface area contributed by atoms with Gasteiger partial charge in [-0.25, -0.2) is 0 Å². The molecule has 16 heavy (non-hydrogen) atoms. The van der Waals surface area contributed by atoms with Gasteiger partial charge in [-0.05, 0) is 25.0 Å². The molecule has 0 heterocycles. The van der Waals surface area contributed by atoms with E-state index in [1.54, 1.807) is 24.3 Å². The maximum Gasteiger partial charge on any atom is 0.301 e. The predicted molar refractivity (Wildman–Crippen MR) is 72.4 cm³/mol. The Bertz CT molecular complexity index is 342. The van der Waals surface area contributed by atoms with E-state index in [4.69, 9.17) is 0 Å². The molecule has 0 N–H and O–H groups in total. The number of halogens is 3. The van der Waals surface area contributed by atoms with Crippen molar-refractivity contribution < 1.29 is 8.78 Å². The second-order valence-electron chi connectivity index (χ2n) is 4.03. The summed E-state index contributed by atoms with van der Waals surface area (Å²) in [6.07, 6.45) is 2.51. The normalized spacial score (nSPS) is 25.9. The molecule has 1 saturated carbocycles. The van der Waals surface area contributed by atoms with Crippen LogP contribution in [0.1, 0.15) is 19.3 Å². The van der Waals surface area contributed by atoms with E-state index in [9.17, 15) is 8.78 Å². The summed E-state index contributed by atoms with van der Waals surface area (Å²) in [7, 11) is 0. The summed E-state index contributed by atoms with van der Waals surface area (Å²) in [6.45, 7) is 0. The lowest BCUT2D eigenvalue weighted by atomic mass is 10.1. The van der Waals surface area contributed by atoms with Gasteiger partial charge in [-0.1, -0.05) is 59.0 Å². The standard InChI is InChI=1S/C12H13F2IS/c13-12(14,10-7-4-8-11(10)15)16-9-5-2-1-3-6-9/h1-3,5-6,10-11H,4,7-8H2/t10-,11-/m1/s1. The molecule has 2 rings (SSSR count). The highest BCUT2D eigenvalue weighted by Crippen LogP contribution is 2.50. The summed E-state index contributed by atoms with van der Waals surface area (Å²) in [6, 6.07) is 8.94. The Hall–Kier alpha value is 0.160. The Balaban J connectivity index is 2.07. The highest BCUT2D eigenvalue weighted by atomic mass is 127. The van der Waals surface area contributed by atoms with Crippen molar-refractivity contribution in [1.82, 2.24) is 0 Å². The SMILES string of the molecule is FC(F)(Sc1ccccc1)[C@@H]1CCC[C@H]1I. The van der Waals surface area contributed by atoms with E-state index in [2.05, 4.69) is 22.6 Å². The summed E-state index contributed by atoms with van der Waals surface area (Å²) in [5, 5.41) is -2.64. The Morgan fingerprint density at radius 1 is 1.19 bits per heavy atom. The summed E-state index contributed by atoms with van der Waals surface area (Å²) < 4.78 is 28.2. The zero-order valence-electron chi connectivity index (χ0n) is 8.70. The zero-order chi connectivity index (χ0) is 11.6. The maximum atomic E-state index is 14.0. The van der Waals surface area contributed by atoms with E-state index in [0.29, 0.717) is 23.1 Å². The summed E-state index contributed by atoms with van der Waals surface area (Å²) in [4.78, 5) is 0.656. The monoisotopic (exact) mass is 354 g/mol. The molecule has 88 valence electrons. The van der Waals surface area contributed by atoms with Gasteiger partial charge in [0, 0.05) is 14.7 Å². The fraction of sp³-hybridized carbons (Fsp3) is 0.500. The van der Waals surface area contributed by atoms with E-state index in [1.807, 2.05) is 6.07 Å². The van der Waals surface area contributed by atoms with Crippen LogP contribution in [0.4, 0.5) is 8.78 Å². The van der Waals surface area contributed by atoms with Crippen LogP contribution < -0.4 is 0 Å². The van der Waals surface area contributed by atoms with E-state index >= 15 is 0 Å². The molecular weight excluding hydrogens is 341 g/mol. The highest BCUT2D eigenvalue weighted by Gasteiger charge is 2.46. The first-order valence-corrected chi connectivity index (χ1v) is 7.42. The van der Waals surface area contributed by atoms with Crippen molar-refractivity contribution in [2.45, 2.75) is 33.3 Å². The quantitative estimate of drug-likeness (QED) is 0.419. The van der Waals surface area contributed by atoms with Crippen LogP contribution in [0.3, 0.4) is 0 Å². The third-order valence-electron chi connectivity index (χ3n) is 2.86. The predicted octanol–water partition coefficient (Wildman–Crippen LogP) is 4.98. The van der Waals surface area contributed by atoms with Gasteiger partial charge in [0.05, 0.1) is 0 Å². The molecule has 1 aliphatic rings. The number of thioether (sulfide) groups is 1. The van der Waals surface area contributed by atoms with Crippen LogP contribution in [0, 0.1) is 5.92 Å². The van der Waals surface area contributed by atoms with Crippen LogP contribution in [0.15, 0.2) is 35.2 Å². The van der Waals surface area contributed by atoms with Crippen molar-refractivity contribution >= 4 is 34.4 Å². The first-order chi connectivity index (χ1) is 7.59. The molecule has 0 spiro atoms. The molecule has 1 aliphatic carbocycles. The molecule has 0 nitrogen and oxygen atoms in total. The van der Waals surface area contributed by atoms with Crippen molar-refractivity contribution in [3.05, 3.63) is 30.3 Å². The van der Waals surface area contributed by atoms with Crippen LogP contribution in [0.25, 0.3) is 0 Å². The van der Waals surface area contributed by atoms with Crippen LogP contribution >= 0.6 is 34.4 Å². The molecule has 1 aromatic rings. The molecule has 0 radical (unpaired) electrons. The van der Waals surface area contributed by atoms with E-state index < -0.39 is 11.2 Å². The van der Waals surface area contributed by atoms with Crippen molar-refractivity contribution in [2.24, 2.45) is 5.92 Å². The van der Waals surface area contributed by atoms with E-state index in [-0.39, 0.29) is 3.92 Å². The largest absolute Gasteiger partial charge is 0.301 e. The molecule has 4 heteroatoms. The smallest absolute Gasteiger partial charge is 0.194 e. The second kappa shape index (κ2) is 5.21. The minimum atomic E-state index is -2.64. The molecule has 2 atom stereocenters. The van der Waals surface area contributed by atoms with Crippen molar-refractivity contribution in [3.8, 4) is 0 Å². The summed E-state index contributed by atoms with van der Waals surface area (Å²) in [5.74, 6) is -0.474. The molecule has 0 amide bonds. The second-order valence-corrected chi connectivity index (χ2v) is 6.85. The molecule has 0 bridgehead atoms. The van der Waals surface area contributed by atoms with Gasteiger partial charge in [0.1, 0.15) is 0 Å². The molecular formula is C12H13F2IS. The summed E-state index contributed by atoms with van der Waals surface area (Å²) in [5.41, 5.74) is 0. The third kappa shape index (κ3) is 2.88. The fourth-order valence-corrected chi connectivity index (χ4v) is 4.55. The van der Waals surface area contributed by atoms with E-state index in [0.717, 1.165) is 12.8 Å². The average Bonchev–Trinajstić information content (AvgIpc) is 2.66. The van der Waals surface area contributed by atoms with Gasteiger partial charge in [0.2, 0.25) is 0 Å². The van der Waals surface area contributed by atoms with E-state index in [1.165, 1.54) is 0 Å². The van der Waals surface area contributed by atoms with Gasteiger partial charge in [0.15, 0.2) is 0 Å². The number of hydrogen-bond acceptors (Lipinski definition) is 1. The number of benzene rings is 1. The first kappa shape index (κ1) is 12.6. The van der Waals surface area contributed by atoms with Gasteiger partial charge < -0.3 is 0 Å². The van der Waals surface area contributed by atoms with Crippen LogP contribution in [-0.4, -0.2) is 9.18 Å². The lowest BCUT2D eigenvalue weighted by Crippen LogP contribution is -2.27. The van der Waals surface area contributed by atoms with Gasteiger partial charge in [-0.15, -0.1) is 0 Å². The number of alkyl halides is 3. The summed E-state index contributed by atoms with van der Waals surface area (Å²) >= 11 is 2.88. The molecule has 0 unspecified atom stereocenters. The third-order valence-corrected chi connectivity index (χ3v) is 5.43. The fourth-order valence-electron chi connectivity index (χ4n) is 2.01. The Morgan fingerprint density at radius 2 is 1.88 bits per heavy atom. The highest BCUT2D eigenvalue weighted by molar-refractivity contribution is 14.1. The minimum Gasteiger partial charge on any atom is -0.194 e. The molecule has 1 fully saturated rings. The Labute approximate surface area is 112 Å². The molecule has 0 saturated heterocycles. The van der Waals surface area contributed by atoms with Gasteiger partial charge in [-0.2, -0.15) is 8.78 Å². The molecule has 1 aromatic carbocycles. The van der Waals surface area contributed by atoms with Crippen LogP contribution in [0.5, 0.6) is 0 Å². The lowest BCUT2D eigenvalue weighted by Gasteiger charge is -2.25. The first-order valence-electron chi connectivity index (χ1n) is 5.35. The minimum absolute atomic E-state index is 0.115. The average molecular weight is 354 g/mol. The van der Waals surface area contributed by atoms with Gasteiger partial charge in [0.25, 0.3) is 0 Å². The maximum absolute atomic E-state index is 14.0. The molecule has 0 aliphatic heterocycles. The van der Waals surface area contributed by atoms with Crippen molar-refractivity contribution in [2.75, 3.05) is 0 Å². The van der Waals surface area contributed by atoms with Crippen LogP contribution in [-0.2, 0) is 0 Å².